The second kappa shape index (κ2) is 5.63. The maximum absolute atomic E-state index is 10.6. The predicted molar refractivity (Wildman–Crippen MR) is 83.1 cm³/mol. The van der Waals surface area contributed by atoms with Crippen LogP contribution in [0.4, 0.5) is 0 Å². The van der Waals surface area contributed by atoms with Crippen molar-refractivity contribution in [3.8, 4) is 0 Å². The number of fused-ring (bicyclic) bond motifs is 3. The van der Waals surface area contributed by atoms with E-state index in [1.807, 2.05) is 0 Å². The van der Waals surface area contributed by atoms with E-state index in [-0.39, 0.29) is 12.2 Å². The summed E-state index contributed by atoms with van der Waals surface area (Å²) in [4.78, 5) is 0. The zero-order valence-corrected chi connectivity index (χ0v) is 14.1. The highest BCUT2D eigenvalue weighted by Gasteiger charge is 2.65. The van der Waals surface area contributed by atoms with E-state index in [4.69, 9.17) is 18.9 Å². The quantitative estimate of drug-likeness (QED) is 0.698. The molecule has 5 fully saturated rings. The van der Waals surface area contributed by atoms with Gasteiger partial charge in [-0.3, -0.25) is 0 Å². The molecule has 0 aromatic carbocycles. The van der Waals surface area contributed by atoms with Crippen LogP contribution >= 0.6 is 0 Å². The molecule has 2 unspecified atom stereocenters. The molecule has 0 amide bonds. The Morgan fingerprint density at radius 1 is 0.500 bits per heavy atom. The first-order valence-corrected chi connectivity index (χ1v) is 9.69. The lowest BCUT2D eigenvalue weighted by Gasteiger charge is -2.38. The van der Waals surface area contributed by atoms with Crippen molar-refractivity contribution in [1.82, 2.24) is 0 Å². The highest BCUT2D eigenvalue weighted by Crippen LogP contribution is 2.51. The number of aliphatic hydroxyl groups excluding tert-OH is 2. The van der Waals surface area contributed by atoms with Crippen molar-refractivity contribution in [3.05, 3.63) is 0 Å². The largest absolute Gasteiger partial charge is 0.387 e. The second-order valence-corrected chi connectivity index (χ2v) is 8.25. The molecule has 2 spiro atoms. The Kier molecular flexibility index (Phi) is 3.75. The fraction of sp³-hybridized carbons (Fsp3) is 1.00. The third kappa shape index (κ3) is 2.31. The van der Waals surface area contributed by atoms with Crippen LogP contribution in [0.3, 0.4) is 0 Å². The number of ether oxygens (including phenoxy) is 4. The average Bonchev–Trinajstić information content (AvgIpc) is 3.14. The standard InChI is InChI=1S/C18H28O6/c19-11-12(20)14-16(24-18(22-14)9-5-2-6-10-18)15-13(11)21-17(23-15)7-3-1-4-8-17/h11-16,19-20H,1-10H2/t11-,12-,13+,14?,15-,16?/m0/s1. The number of aliphatic hydroxyl groups is 2. The van der Waals surface area contributed by atoms with Gasteiger partial charge in [-0.1, -0.05) is 12.8 Å². The summed E-state index contributed by atoms with van der Waals surface area (Å²) in [6.07, 6.45) is 6.38. The summed E-state index contributed by atoms with van der Waals surface area (Å²) < 4.78 is 25.1. The van der Waals surface area contributed by atoms with Crippen molar-refractivity contribution >= 4 is 0 Å². The summed E-state index contributed by atoms with van der Waals surface area (Å²) in [5.74, 6) is -1.20. The summed E-state index contributed by atoms with van der Waals surface area (Å²) in [6.45, 7) is 0. The van der Waals surface area contributed by atoms with Crippen molar-refractivity contribution in [3.63, 3.8) is 0 Å². The number of hydrogen-bond acceptors (Lipinski definition) is 6. The van der Waals surface area contributed by atoms with E-state index in [2.05, 4.69) is 0 Å². The Labute approximate surface area is 142 Å². The molecule has 3 aliphatic carbocycles. The minimum Gasteiger partial charge on any atom is -0.387 e. The third-order valence-corrected chi connectivity index (χ3v) is 6.63. The monoisotopic (exact) mass is 340 g/mol. The fourth-order valence-corrected chi connectivity index (χ4v) is 5.39. The highest BCUT2D eigenvalue weighted by atomic mass is 16.8. The molecule has 6 nitrogen and oxygen atoms in total. The fourth-order valence-electron chi connectivity index (χ4n) is 5.39. The van der Waals surface area contributed by atoms with Gasteiger partial charge in [0.15, 0.2) is 11.6 Å². The first-order valence-electron chi connectivity index (χ1n) is 9.69. The van der Waals surface area contributed by atoms with Crippen molar-refractivity contribution in [2.24, 2.45) is 0 Å². The van der Waals surface area contributed by atoms with E-state index < -0.39 is 36.0 Å². The van der Waals surface area contributed by atoms with Crippen LogP contribution in [0.15, 0.2) is 0 Å². The lowest BCUT2D eigenvalue weighted by molar-refractivity contribution is -0.224. The van der Waals surface area contributed by atoms with Crippen LogP contribution in [-0.2, 0) is 18.9 Å². The van der Waals surface area contributed by atoms with E-state index in [0.717, 1.165) is 51.4 Å². The molecule has 2 heterocycles. The topological polar surface area (TPSA) is 77.4 Å². The van der Waals surface area contributed by atoms with Crippen molar-refractivity contribution in [1.29, 1.82) is 0 Å². The van der Waals surface area contributed by atoms with Crippen LogP contribution in [0, 0.1) is 0 Å². The predicted octanol–water partition coefficient (Wildman–Crippen LogP) is 1.61. The summed E-state index contributed by atoms with van der Waals surface area (Å²) in [5, 5.41) is 21.2. The molecule has 0 aromatic rings. The van der Waals surface area contributed by atoms with Gasteiger partial charge in [-0.2, -0.15) is 0 Å². The van der Waals surface area contributed by atoms with Gasteiger partial charge in [0, 0.05) is 25.7 Å². The molecule has 0 radical (unpaired) electrons. The zero-order valence-electron chi connectivity index (χ0n) is 14.1. The molecule has 3 saturated carbocycles. The van der Waals surface area contributed by atoms with Crippen LogP contribution in [-0.4, -0.2) is 58.4 Å². The van der Waals surface area contributed by atoms with Gasteiger partial charge >= 0.3 is 0 Å². The molecule has 2 N–H and O–H groups in total. The van der Waals surface area contributed by atoms with Crippen molar-refractivity contribution < 1.29 is 29.2 Å². The first kappa shape index (κ1) is 16.0. The van der Waals surface area contributed by atoms with Gasteiger partial charge in [0.05, 0.1) is 0 Å². The Morgan fingerprint density at radius 3 is 1.21 bits per heavy atom. The van der Waals surface area contributed by atoms with E-state index in [1.165, 1.54) is 12.8 Å². The number of hydrogen-bond donors (Lipinski definition) is 2. The molecule has 6 heteroatoms. The van der Waals surface area contributed by atoms with Crippen LogP contribution in [0.1, 0.15) is 64.2 Å². The van der Waals surface area contributed by atoms with Gasteiger partial charge in [0.2, 0.25) is 0 Å². The van der Waals surface area contributed by atoms with Gasteiger partial charge in [-0.25, -0.2) is 0 Å². The number of rotatable bonds is 0. The average molecular weight is 340 g/mol. The Hall–Kier alpha value is -0.240. The molecule has 5 aliphatic rings. The van der Waals surface area contributed by atoms with Gasteiger partial charge in [0.1, 0.15) is 36.6 Å². The third-order valence-electron chi connectivity index (χ3n) is 6.63. The summed E-state index contributed by atoms with van der Waals surface area (Å²) >= 11 is 0. The van der Waals surface area contributed by atoms with E-state index in [1.54, 1.807) is 0 Å². The van der Waals surface area contributed by atoms with Crippen LogP contribution in [0.5, 0.6) is 0 Å². The maximum atomic E-state index is 10.6. The van der Waals surface area contributed by atoms with Gasteiger partial charge < -0.3 is 29.2 Å². The zero-order chi connectivity index (χ0) is 16.4. The van der Waals surface area contributed by atoms with Crippen molar-refractivity contribution in [2.45, 2.75) is 112 Å². The molecular formula is C18H28O6. The van der Waals surface area contributed by atoms with Crippen LogP contribution in [0.2, 0.25) is 0 Å². The molecule has 5 rings (SSSR count). The van der Waals surface area contributed by atoms with Gasteiger partial charge in [-0.15, -0.1) is 0 Å². The minimum atomic E-state index is -0.986. The van der Waals surface area contributed by atoms with Gasteiger partial charge in [-0.05, 0) is 25.7 Å². The lowest BCUT2D eigenvalue weighted by atomic mass is 9.85. The Morgan fingerprint density at radius 2 is 0.833 bits per heavy atom. The molecule has 0 aromatic heterocycles. The molecule has 0 bridgehead atoms. The normalized spacial score (nSPS) is 49.2. The van der Waals surface area contributed by atoms with E-state index >= 15 is 0 Å². The van der Waals surface area contributed by atoms with E-state index in [0.29, 0.717) is 0 Å². The van der Waals surface area contributed by atoms with Gasteiger partial charge in [0.25, 0.3) is 0 Å². The van der Waals surface area contributed by atoms with Crippen LogP contribution < -0.4 is 0 Å². The summed E-state index contributed by atoms with van der Waals surface area (Å²) in [7, 11) is 0. The minimum absolute atomic E-state index is 0.354. The van der Waals surface area contributed by atoms with Crippen molar-refractivity contribution in [2.75, 3.05) is 0 Å². The Bertz CT molecular complexity index is 440. The molecule has 136 valence electrons. The smallest absolute Gasteiger partial charge is 0.169 e. The van der Waals surface area contributed by atoms with E-state index in [9.17, 15) is 10.2 Å². The highest BCUT2D eigenvalue weighted by molar-refractivity contribution is 5.09. The molecule has 2 saturated heterocycles. The summed E-state index contributed by atoms with van der Waals surface area (Å²) in [6, 6.07) is 0. The second-order valence-electron chi connectivity index (χ2n) is 8.25. The maximum Gasteiger partial charge on any atom is 0.169 e. The molecule has 6 atom stereocenters. The lowest BCUT2D eigenvalue weighted by Crippen LogP contribution is -2.61. The molecular weight excluding hydrogens is 312 g/mol. The summed E-state index contributed by atoms with van der Waals surface area (Å²) in [5.41, 5.74) is 0. The SMILES string of the molecule is O[C@@H]1[C@H]2OC3(CCCCC3)O[C@@H]2C2OC3(CCCCC3)OC2[C@H]1O. The Balaban J connectivity index is 1.42. The van der Waals surface area contributed by atoms with Crippen LogP contribution in [0.25, 0.3) is 0 Å². The molecule has 2 aliphatic heterocycles. The molecule has 24 heavy (non-hydrogen) atoms. The first-order chi connectivity index (χ1) is 11.6.